The molecule has 1 saturated heterocycles. The Kier molecular flexibility index (Phi) is 10.8. The van der Waals surface area contributed by atoms with Crippen LogP contribution >= 0.6 is 52.1 Å². The summed E-state index contributed by atoms with van der Waals surface area (Å²) in [6.45, 7) is 6.91. The van der Waals surface area contributed by atoms with Crippen LogP contribution in [0.1, 0.15) is 37.1 Å². The van der Waals surface area contributed by atoms with E-state index in [2.05, 4.69) is 45.2 Å². The molecule has 0 amide bonds. The van der Waals surface area contributed by atoms with Gasteiger partial charge in [0.25, 0.3) is 0 Å². The van der Waals surface area contributed by atoms with Crippen LogP contribution in [-0.4, -0.2) is 31.1 Å². The molecule has 0 bridgehead atoms. The molecule has 0 aliphatic carbocycles. The van der Waals surface area contributed by atoms with Crippen molar-refractivity contribution in [3.63, 3.8) is 0 Å². The van der Waals surface area contributed by atoms with Crippen molar-refractivity contribution in [2.24, 2.45) is 0 Å². The number of hydrogen-bond acceptors (Lipinski definition) is 3. The number of nitrogens with one attached hydrogen (secondary N) is 1. The summed E-state index contributed by atoms with van der Waals surface area (Å²) in [6.07, 6.45) is 3.91. The summed E-state index contributed by atoms with van der Waals surface area (Å²) < 4.78 is 1.25. The van der Waals surface area contributed by atoms with Crippen molar-refractivity contribution in [1.29, 1.82) is 0 Å². The first-order chi connectivity index (χ1) is 8.31. The number of nitrogens with zero attached hydrogens (tertiary/aromatic N) is 1. The molecule has 2 nitrogen and oxygen atoms in total. The maximum atomic E-state index is 3.58. The Morgan fingerprint density at radius 2 is 2.00 bits per heavy atom. The Balaban J connectivity index is 0.00000162. The predicted octanol–water partition coefficient (Wildman–Crippen LogP) is 4.49. The lowest BCUT2D eigenvalue weighted by atomic mass is 10.1. The van der Waals surface area contributed by atoms with Gasteiger partial charge in [-0.3, -0.25) is 4.90 Å². The van der Waals surface area contributed by atoms with Gasteiger partial charge in [-0.15, -0.1) is 36.2 Å². The van der Waals surface area contributed by atoms with Crippen LogP contribution in [0, 0.1) is 0 Å². The molecular formula is C13H23BrCl2N2S. The van der Waals surface area contributed by atoms with Crippen molar-refractivity contribution in [1.82, 2.24) is 10.2 Å². The number of hydrogen-bond donors (Lipinski definition) is 1. The van der Waals surface area contributed by atoms with Gasteiger partial charge in [0.1, 0.15) is 0 Å². The summed E-state index contributed by atoms with van der Waals surface area (Å²) in [5, 5.41) is 3.43. The third kappa shape index (κ3) is 5.90. The summed E-state index contributed by atoms with van der Waals surface area (Å²) in [5.41, 5.74) is 0. The highest BCUT2D eigenvalue weighted by Crippen LogP contribution is 2.34. The van der Waals surface area contributed by atoms with Gasteiger partial charge in [-0.1, -0.05) is 19.8 Å². The summed E-state index contributed by atoms with van der Waals surface area (Å²) in [6, 6.07) is 5.10. The molecule has 1 fully saturated rings. The number of rotatable bonds is 5. The van der Waals surface area contributed by atoms with E-state index in [1.54, 1.807) is 0 Å². The monoisotopic (exact) mass is 388 g/mol. The smallest absolute Gasteiger partial charge is 0.0701 e. The molecule has 0 spiro atoms. The Morgan fingerprint density at radius 3 is 2.53 bits per heavy atom. The average Bonchev–Trinajstić information content (AvgIpc) is 2.78. The molecule has 6 heteroatoms. The fraction of sp³-hybridized carbons (Fsp3) is 0.692. The van der Waals surface area contributed by atoms with Crippen LogP contribution in [0.3, 0.4) is 0 Å². The fourth-order valence-corrected chi connectivity index (χ4v) is 4.00. The van der Waals surface area contributed by atoms with Gasteiger partial charge < -0.3 is 5.32 Å². The van der Waals surface area contributed by atoms with Crippen molar-refractivity contribution in [3.8, 4) is 0 Å². The van der Waals surface area contributed by atoms with Crippen LogP contribution in [0.5, 0.6) is 0 Å². The van der Waals surface area contributed by atoms with Gasteiger partial charge in [0.05, 0.1) is 3.79 Å². The molecule has 1 aliphatic heterocycles. The van der Waals surface area contributed by atoms with Gasteiger partial charge in [0.15, 0.2) is 0 Å². The molecule has 0 radical (unpaired) electrons. The van der Waals surface area contributed by atoms with Crippen LogP contribution in [0.15, 0.2) is 15.9 Å². The van der Waals surface area contributed by atoms with Crippen molar-refractivity contribution in [2.45, 2.75) is 32.2 Å². The second-order valence-corrected chi connectivity index (χ2v) is 7.08. The Bertz CT molecular complexity index is 343. The lowest BCUT2D eigenvalue weighted by Gasteiger charge is -2.34. The number of thiophene rings is 1. The molecule has 2 heterocycles. The lowest BCUT2D eigenvalue weighted by molar-refractivity contribution is 0.165. The summed E-state index contributed by atoms with van der Waals surface area (Å²) in [4.78, 5) is 4.16. The molecule has 1 N–H and O–H groups in total. The molecule has 0 unspecified atom stereocenters. The van der Waals surface area contributed by atoms with Gasteiger partial charge in [0, 0.05) is 37.1 Å². The first-order valence-electron chi connectivity index (χ1n) is 6.51. The maximum absolute atomic E-state index is 3.58. The first-order valence-corrected chi connectivity index (χ1v) is 8.12. The minimum Gasteiger partial charge on any atom is -0.314 e. The minimum atomic E-state index is 0. The second-order valence-electron chi connectivity index (χ2n) is 4.59. The van der Waals surface area contributed by atoms with E-state index in [4.69, 9.17) is 0 Å². The normalized spacial score (nSPS) is 17.4. The zero-order chi connectivity index (χ0) is 12.1. The van der Waals surface area contributed by atoms with E-state index < -0.39 is 0 Å². The molecule has 1 aliphatic rings. The quantitative estimate of drug-likeness (QED) is 0.797. The van der Waals surface area contributed by atoms with Gasteiger partial charge in [-0.25, -0.2) is 0 Å². The van der Waals surface area contributed by atoms with Crippen LogP contribution in [0.2, 0.25) is 0 Å². The van der Waals surface area contributed by atoms with E-state index in [1.807, 2.05) is 11.3 Å². The Labute approximate surface area is 141 Å². The van der Waals surface area contributed by atoms with Gasteiger partial charge in [-0.2, -0.15) is 0 Å². The third-order valence-corrected chi connectivity index (χ3v) is 5.07. The molecule has 19 heavy (non-hydrogen) atoms. The molecular weight excluding hydrogens is 367 g/mol. The van der Waals surface area contributed by atoms with Crippen LogP contribution in [-0.2, 0) is 0 Å². The predicted molar refractivity (Wildman–Crippen MR) is 93.2 cm³/mol. The SMILES string of the molecule is CCCC[C@@H](c1ccc(Br)s1)N1CCNCC1.Cl.Cl. The van der Waals surface area contributed by atoms with E-state index >= 15 is 0 Å². The van der Waals surface area contributed by atoms with E-state index in [0.29, 0.717) is 6.04 Å². The van der Waals surface area contributed by atoms with Crippen molar-refractivity contribution in [2.75, 3.05) is 26.2 Å². The van der Waals surface area contributed by atoms with Crippen LogP contribution < -0.4 is 5.32 Å². The molecule has 112 valence electrons. The van der Waals surface area contributed by atoms with Crippen molar-refractivity contribution in [3.05, 3.63) is 20.8 Å². The van der Waals surface area contributed by atoms with E-state index in [0.717, 1.165) is 13.1 Å². The largest absolute Gasteiger partial charge is 0.314 e. The summed E-state index contributed by atoms with van der Waals surface area (Å²) in [5.74, 6) is 0. The van der Waals surface area contributed by atoms with E-state index in [1.165, 1.54) is 41.0 Å². The number of unbranched alkanes of at least 4 members (excludes halogenated alkanes) is 1. The average molecular weight is 390 g/mol. The molecule has 0 saturated carbocycles. The molecule has 1 aromatic rings. The zero-order valence-corrected chi connectivity index (χ0v) is 15.3. The molecule has 2 rings (SSSR count). The molecule has 0 aromatic carbocycles. The highest BCUT2D eigenvalue weighted by Gasteiger charge is 2.22. The summed E-state index contributed by atoms with van der Waals surface area (Å²) >= 11 is 5.47. The molecule has 1 atom stereocenters. The van der Waals surface area contributed by atoms with Crippen LogP contribution in [0.25, 0.3) is 0 Å². The third-order valence-electron chi connectivity index (χ3n) is 3.35. The van der Waals surface area contributed by atoms with Gasteiger partial charge >= 0.3 is 0 Å². The molecule has 1 aromatic heterocycles. The van der Waals surface area contributed by atoms with Crippen LogP contribution in [0.4, 0.5) is 0 Å². The topological polar surface area (TPSA) is 15.3 Å². The number of halogens is 3. The Hall–Kier alpha value is 0.680. The maximum Gasteiger partial charge on any atom is 0.0701 e. The van der Waals surface area contributed by atoms with Crippen molar-refractivity contribution < 1.29 is 0 Å². The second kappa shape index (κ2) is 10.4. The van der Waals surface area contributed by atoms with E-state index in [9.17, 15) is 0 Å². The zero-order valence-electron chi connectivity index (χ0n) is 11.2. The van der Waals surface area contributed by atoms with Gasteiger partial charge in [0.2, 0.25) is 0 Å². The fourth-order valence-electron chi connectivity index (χ4n) is 2.40. The standard InChI is InChI=1S/C13H21BrN2S.2ClH/c1-2-3-4-11(12-5-6-13(14)17-12)16-9-7-15-8-10-16;;/h5-6,11,15H,2-4,7-10H2,1H3;2*1H/t11-;;/m0../s1. The summed E-state index contributed by atoms with van der Waals surface area (Å²) in [7, 11) is 0. The number of piperazine rings is 1. The first kappa shape index (κ1) is 19.7. The Morgan fingerprint density at radius 1 is 1.32 bits per heavy atom. The van der Waals surface area contributed by atoms with E-state index in [-0.39, 0.29) is 24.8 Å². The highest BCUT2D eigenvalue weighted by molar-refractivity contribution is 9.11. The lowest BCUT2D eigenvalue weighted by Crippen LogP contribution is -2.45. The minimum absolute atomic E-state index is 0. The van der Waals surface area contributed by atoms with Crippen molar-refractivity contribution >= 4 is 52.1 Å². The van der Waals surface area contributed by atoms with Gasteiger partial charge in [-0.05, 0) is 34.5 Å². The highest BCUT2D eigenvalue weighted by atomic mass is 79.9.